The average molecular weight is 251 g/mol. The molecule has 1 saturated carbocycles. The average Bonchev–Trinajstić information content (AvgIpc) is 2.83. The molecule has 3 unspecified atom stereocenters. The zero-order chi connectivity index (χ0) is 13.1. The second kappa shape index (κ2) is 5.52. The van der Waals surface area contributed by atoms with Gasteiger partial charge >= 0.3 is 0 Å². The van der Waals surface area contributed by atoms with Crippen molar-refractivity contribution in [1.82, 2.24) is 9.97 Å². The molecule has 5 heteroatoms. The molecule has 1 aliphatic carbocycles. The van der Waals surface area contributed by atoms with Gasteiger partial charge in [-0.2, -0.15) is 4.98 Å². The lowest BCUT2D eigenvalue weighted by Crippen LogP contribution is -2.25. The molecule has 0 saturated heterocycles. The Bertz CT molecular complexity index is 411. The number of aromatic nitrogens is 2. The van der Waals surface area contributed by atoms with Crippen LogP contribution in [0, 0.1) is 11.8 Å². The van der Waals surface area contributed by atoms with E-state index < -0.39 is 0 Å². The monoisotopic (exact) mass is 251 g/mol. The maximum atomic E-state index is 6.34. The van der Waals surface area contributed by atoms with Crippen LogP contribution in [0.25, 0.3) is 0 Å². The smallest absolute Gasteiger partial charge is 0.240 e. The molecule has 0 radical (unpaired) electrons. The number of methoxy groups -OCH3 is 2. The van der Waals surface area contributed by atoms with Gasteiger partial charge in [-0.25, -0.2) is 4.98 Å². The van der Waals surface area contributed by atoms with Crippen molar-refractivity contribution in [3.05, 3.63) is 11.9 Å². The first-order valence-corrected chi connectivity index (χ1v) is 6.37. The van der Waals surface area contributed by atoms with Crippen molar-refractivity contribution in [2.75, 3.05) is 14.2 Å². The predicted octanol–water partition coefficient (Wildman–Crippen LogP) is 1.93. The normalized spacial score (nSPS) is 24.9. The van der Waals surface area contributed by atoms with Gasteiger partial charge < -0.3 is 15.2 Å². The minimum atomic E-state index is -0.115. The van der Waals surface area contributed by atoms with E-state index in [1.807, 2.05) is 0 Å². The van der Waals surface area contributed by atoms with Gasteiger partial charge in [-0.05, 0) is 18.3 Å². The maximum absolute atomic E-state index is 6.34. The van der Waals surface area contributed by atoms with Gasteiger partial charge in [0.2, 0.25) is 11.8 Å². The molecule has 0 amide bonds. The molecule has 2 rings (SSSR count). The highest BCUT2D eigenvalue weighted by Gasteiger charge is 2.32. The van der Waals surface area contributed by atoms with Crippen LogP contribution in [0.4, 0.5) is 0 Å². The van der Waals surface area contributed by atoms with E-state index in [0.717, 1.165) is 12.1 Å². The van der Waals surface area contributed by atoms with E-state index in [2.05, 4.69) is 16.9 Å². The number of hydrogen-bond donors (Lipinski definition) is 1. The lowest BCUT2D eigenvalue weighted by molar-refractivity contribution is 0.317. The van der Waals surface area contributed by atoms with Crippen LogP contribution in [0.5, 0.6) is 11.8 Å². The summed E-state index contributed by atoms with van der Waals surface area (Å²) >= 11 is 0. The fourth-order valence-corrected chi connectivity index (χ4v) is 2.75. The molecule has 3 atom stereocenters. The van der Waals surface area contributed by atoms with Crippen LogP contribution < -0.4 is 15.2 Å². The number of ether oxygens (including phenoxy) is 2. The van der Waals surface area contributed by atoms with Crippen molar-refractivity contribution >= 4 is 0 Å². The van der Waals surface area contributed by atoms with E-state index >= 15 is 0 Å². The summed E-state index contributed by atoms with van der Waals surface area (Å²) in [5, 5.41) is 0. The maximum Gasteiger partial charge on any atom is 0.240 e. The minimum Gasteiger partial charge on any atom is -0.480 e. The molecule has 100 valence electrons. The Hall–Kier alpha value is -1.36. The van der Waals surface area contributed by atoms with Gasteiger partial charge in [0.1, 0.15) is 5.69 Å². The molecule has 1 aromatic rings. The molecule has 1 aromatic heterocycles. The van der Waals surface area contributed by atoms with Crippen LogP contribution in [0.15, 0.2) is 6.20 Å². The first-order chi connectivity index (χ1) is 8.67. The van der Waals surface area contributed by atoms with Crippen LogP contribution in [0.2, 0.25) is 0 Å². The van der Waals surface area contributed by atoms with Gasteiger partial charge in [-0.3, -0.25) is 0 Å². The lowest BCUT2D eigenvalue weighted by Gasteiger charge is -2.23. The van der Waals surface area contributed by atoms with Crippen molar-refractivity contribution in [3.63, 3.8) is 0 Å². The molecule has 5 nitrogen and oxygen atoms in total. The molecule has 0 aliphatic heterocycles. The Kier molecular flexibility index (Phi) is 4.01. The summed E-state index contributed by atoms with van der Waals surface area (Å²) in [4.78, 5) is 8.60. The van der Waals surface area contributed by atoms with E-state index in [9.17, 15) is 0 Å². The van der Waals surface area contributed by atoms with Crippen molar-refractivity contribution in [1.29, 1.82) is 0 Å². The summed E-state index contributed by atoms with van der Waals surface area (Å²) in [6.07, 6.45) is 5.23. The van der Waals surface area contributed by atoms with Crippen molar-refractivity contribution in [2.45, 2.75) is 32.2 Å². The fourth-order valence-electron chi connectivity index (χ4n) is 2.75. The summed E-state index contributed by atoms with van der Waals surface area (Å²) in [6, 6.07) is -0.115. The van der Waals surface area contributed by atoms with E-state index in [4.69, 9.17) is 15.2 Å². The molecule has 1 fully saturated rings. The summed E-state index contributed by atoms with van der Waals surface area (Å²) < 4.78 is 10.3. The molecular formula is C13H21N3O2. The number of hydrogen-bond acceptors (Lipinski definition) is 5. The second-order valence-corrected chi connectivity index (χ2v) is 4.90. The molecule has 1 heterocycles. The summed E-state index contributed by atoms with van der Waals surface area (Å²) in [5.41, 5.74) is 7.07. The van der Waals surface area contributed by atoms with Gasteiger partial charge in [-0.15, -0.1) is 0 Å². The Morgan fingerprint density at radius 2 is 2.11 bits per heavy atom. The van der Waals surface area contributed by atoms with Gasteiger partial charge in [-0.1, -0.05) is 19.8 Å². The molecule has 2 N–H and O–H groups in total. The first-order valence-electron chi connectivity index (χ1n) is 6.37. The Morgan fingerprint density at radius 3 is 2.67 bits per heavy atom. The predicted molar refractivity (Wildman–Crippen MR) is 68.6 cm³/mol. The van der Waals surface area contributed by atoms with E-state index in [1.54, 1.807) is 20.4 Å². The highest BCUT2D eigenvalue weighted by Crippen LogP contribution is 2.40. The summed E-state index contributed by atoms with van der Waals surface area (Å²) in [7, 11) is 3.14. The third-order valence-corrected chi connectivity index (χ3v) is 3.85. The third-order valence-electron chi connectivity index (χ3n) is 3.85. The standard InChI is InChI=1S/C13H21N3O2/c1-8-5-4-6-9(8)11(14)12-13(18-3)16-10(17-2)7-15-12/h7-9,11H,4-6,14H2,1-3H3. The molecule has 18 heavy (non-hydrogen) atoms. The van der Waals surface area contributed by atoms with Gasteiger partial charge in [0.15, 0.2) is 0 Å². The van der Waals surface area contributed by atoms with Gasteiger partial charge in [0, 0.05) is 0 Å². The zero-order valence-corrected chi connectivity index (χ0v) is 11.2. The number of nitrogens with two attached hydrogens (primary N) is 1. The lowest BCUT2D eigenvalue weighted by atomic mass is 9.89. The highest BCUT2D eigenvalue weighted by molar-refractivity contribution is 5.26. The second-order valence-electron chi connectivity index (χ2n) is 4.90. The summed E-state index contributed by atoms with van der Waals surface area (Å²) in [6.45, 7) is 2.25. The van der Waals surface area contributed by atoms with Crippen LogP contribution in [-0.4, -0.2) is 24.2 Å². The molecule has 1 aliphatic rings. The van der Waals surface area contributed by atoms with Crippen LogP contribution >= 0.6 is 0 Å². The summed E-state index contributed by atoms with van der Waals surface area (Å²) in [5.74, 6) is 2.01. The fraction of sp³-hybridized carbons (Fsp3) is 0.692. The molecular weight excluding hydrogens is 230 g/mol. The van der Waals surface area contributed by atoms with Crippen LogP contribution in [0.1, 0.15) is 37.9 Å². The van der Waals surface area contributed by atoms with Crippen molar-refractivity contribution in [2.24, 2.45) is 17.6 Å². The molecule has 0 spiro atoms. The number of nitrogens with zero attached hydrogens (tertiary/aromatic N) is 2. The Balaban J connectivity index is 2.26. The highest BCUT2D eigenvalue weighted by atomic mass is 16.5. The van der Waals surface area contributed by atoms with Crippen LogP contribution in [-0.2, 0) is 0 Å². The van der Waals surface area contributed by atoms with E-state index in [1.165, 1.54) is 12.8 Å². The molecule has 0 bridgehead atoms. The zero-order valence-electron chi connectivity index (χ0n) is 11.2. The minimum absolute atomic E-state index is 0.115. The number of rotatable bonds is 4. The Labute approximate surface area is 108 Å². The third kappa shape index (κ3) is 2.41. The van der Waals surface area contributed by atoms with Crippen LogP contribution in [0.3, 0.4) is 0 Å². The quantitative estimate of drug-likeness (QED) is 0.885. The molecule has 0 aromatic carbocycles. The Morgan fingerprint density at radius 1 is 1.33 bits per heavy atom. The first kappa shape index (κ1) is 13.1. The van der Waals surface area contributed by atoms with Crippen molar-refractivity contribution in [3.8, 4) is 11.8 Å². The van der Waals surface area contributed by atoms with Gasteiger partial charge in [0.05, 0.1) is 26.5 Å². The van der Waals surface area contributed by atoms with E-state index in [0.29, 0.717) is 23.6 Å². The topological polar surface area (TPSA) is 70.3 Å². The van der Waals surface area contributed by atoms with Crippen molar-refractivity contribution < 1.29 is 9.47 Å². The largest absolute Gasteiger partial charge is 0.480 e. The SMILES string of the molecule is COc1cnc(C(N)C2CCCC2C)c(OC)n1. The van der Waals surface area contributed by atoms with Gasteiger partial charge in [0.25, 0.3) is 0 Å². The van der Waals surface area contributed by atoms with E-state index in [-0.39, 0.29) is 6.04 Å².